The zero-order valence-electron chi connectivity index (χ0n) is 11.7. The predicted octanol–water partition coefficient (Wildman–Crippen LogP) is 2.55. The molecule has 0 aliphatic rings. The smallest absolute Gasteiger partial charge is 0.222 e. The van der Waals surface area contributed by atoms with Crippen molar-refractivity contribution in [1.29, 1.82) is 0 Å². The summed E-state index contributed by atoms with van der Waals surface area (Å²) in [6.07, 6.45) is 0.383. The maximum atomic E-state index is 11.8. The molecule has 100 valence electrons. The third kappa shape index (κ3) is 4.49. The number of aryl methyl sites for hydroxylation is 1. The molecule has 1 aromatic rings. The number of nitrogens with one attached hydrogen (secondary N) is 1. The molecule has 0 spiro atoms. The van der Waals surface area contributed by atoms with Gasteiger partial charge < -0.3 is 11.1 Å². The molecule has 0 saturated carbocycles. The zero-order valence-corrected chi connectivity index (χ0v) is 11.7. The van der Waals surface area contributed by atoms with Crippen LogP contribution in [0, 0.1) is 12.8 Å². The van der Waals surface area contributed by atoms with Crippen LogP contribution >= 0.6 is 0 Å². The van der Waals surface area contributed by atoms with Gasteiger partial charge in [-0.2, -0.15) is 0 Å². The Balaban J connectivity index is 2.51. The number of benzene rings is 1. The average molecular weight is 248 g/mol. The van der Waals surface area contributed by atoms with E-state index in [9.17, 15) is 4.79 Å². The number of carbonyl (C=O) groups excluding carboxylic acids is 1. The van der Waals surface area contributed by atoms with Gasteiger partial charge in [0.05, 0.1) is 6.04 Å². The van der Waals surface area contributed by atoms with Crippen molar-refractivity contribution in [1.82, 2.24) is 5.32 Å². The third-order valence-corrected chi connectivity index (χ3v) is 3.23. The summed E-state index contributed by atoms with van der Waals surface area (Å²) in [6, 6.07) is 8.15. The highest BCUT2D eigenvalue weighted by Gasteiger charge is 2.15. The van der Waals surface area contributed by atoms with Crippen LogP contribution in [0.2, 0.25) is 0 Å². The number of carbonyl (C=O) groups is 1. The largest absolute Gasteiger partial charge is 0.350 e. The summed E-state index contributed by atoms with van der Waals surface area (Å²) in [5, 5.41) is 2.98. The lowest BCUT2D eigenvalue weighted by molar-refractivity contribution is -0.122. The minimum Gasteiger partial charge on any atom is -0.350 e. The molecule has 0 aliphatic carbocycles. The molecule has 1 unspecified atom stereocenters. The van der Waals surface area contributed by atoms with Gasteiger partial charge in [-0.05, 0) is 25.3 Å². The van der Waals surface area contributed by atoms with E-state index in [0.717, 1.165) is 5.56 Å². The van der Waals surface area contributed by atoms with Crippen molar-refractivity contribution in [3.05, 3.63) is 35.4 Å². The van der Waals surface area contributed by atoms with Gasteiger partial charge in [0, 0.05) is 12.5 Å². The van der Waals surface area contributed by atoms with Gasteiger partial charge in [-0.1, -0.05) is 43.7 Å². The molecule has 3 nitrogen and oxygen atoms in total. The first kappa shape index (κ1) is 14.7. The second-order valence-electron chi connectivity index (χ2n) is 5.31. The molecule has 0 fully saturated rings. The Bertz CT molecular complexity index is 384. The van der Waals surface area contributed by atoms with E-state index in [0.29, 0.717) is 12.3 Å². The second kappa shape index (κ2) is 6.55. The van der Waals surface area contributed by atoms with E-state index in [-0.39, 0.29) is 18.0 Å². The maximum absolute atomic E-state index is 11.8. The third-order valence-electron chi connectivity index (χ3n) is 3.23. The van der Waals surface area contributed by atoms with Crippen LogP contribution in [-0.2, 0) is 4.79 Å². The van der Waals surface area contributed by atoms with E-state index >= 15 is 0 Å². The van der Waals surface area contributed by atoms with Gasteiger partial charge in [-0.15, -0.1) is 0 Å². The van der Waals surface area contributed by atoms with Crippen molar-refractivity contribution in [3.8, 4) is 0 Å². The lowest BCUT2D eigenvalue weighted by Gasteiger charge is -2.18. The lowest BCUT2D eigenvalue weighted by Crippen LogP contribution is -2.35. The molecule has 0 saturated heterocycles. The van der Waals surface area contributed by atoms with Crippen molar-refractivity contribution in [2.75, 3.05) is 0 Å². The minimum atomic E-state index is -0.0739. The summed E-state index contributed by atoms with van der Waals surface area (Å²) in [5.74, 6) is 0.342. The predicted molar refractivity (Wildman–Crippen MR) is 75.2 cm³/mol. The van der Waals surface area contributed by atoms with Crippen molar-refractivity contribution in [3.63, 3.8) is 0 Å². The number of rotatable bonds is 5. The Morgan fingerprint density at radius 2 is 1.78 bits per heavy atom. The Morgan fingerprint density at radius 3 is 2.28 bits per heavy atom. The van der Waals surface area contributed by atoms with Gasteiger partial charge in [0.15, 0.2) is 0 Å². The molecule has 1 amide bonds. The van der Waals surface area contributed by atoms with E-state index in [4.69, 9.17) is 5.73 Å². The fourth-order valence-electron chi connectivity index (χ4n) is 1.69. The Hall–Kier alpha value is -1.35. The van der Waals surface area contributed by atoms with Crippen molar-refractivity contribution in [2.24, 2.45) is 11.7 Å². The summed E-state index contributed by atoms with van der Waals surface area (Å²) in [4.78, 5) is 11.8. The van der Waals surface area contributed by atoms with Crippen LogP contribution in [0.5, 0.6) is 0 Å². The number of nitrogens with two attached hydrogens (primary N) is 1. The van der Waals surface area contributed by atoms with E-state index in [2.05, 4.69) is 24.4 Å². The molecule has 0 aromatic heterocycles. The first-order valence-electron chi connectivity index (χ1n) is 6.51. The fourth-order valence-corrected chi connectivity index (χ4v) is 1.69. The van der Waals surface area contributed by atoms with Gasteiger partial charge in [0.25, 0.3) is 0 Å². The van der Waals surface area contributed by atoms with Gasteiger partial charge >= 0.3 is 0 Å². The molecule has 0 aliphatic heterocycles. The van der Waals surface area contributed by atoms with E-state index in [1.165, 1.54) is 5.56 Å². The van der Waals surface area contributed by atoms with E-state index in [1.807, 2.05) is 32.9 Å². The average Bonchev–Trinajstić information content (AvgIpc) is 2.29. The summed E-state index contributed by atoms with van der Waals surface area (Å²) >= 11 is 0. The van der Waals surface area contributed by atoms with Crippen LogP contribution in [-0.4, -0.2) is 11.9 Å². The van der Waals surface area contributed by atoms with Crippen LogP contribution < -0.4 is 11.1 Å². The van der Waals surface area contributed by atoms with E-state index in [1.54, 1.807) is 0 Å². The number of amides is 1. The van der Waals surface area contributed by atoms with Crippen molar-refractivity contribution >= 4 is 5.91 Å². The molecule has 0 radical (unpaired) electrons. The van der Waals surface area contributed by atoms with Crippen LogP contribution in [0.15, 0.2) is 24.3 Å². The summed E-state index contributed by atoms with van der Waals surface area (Å²) in [5.41, 5.74) is 8.23. The first-order valence-corrected chi connectivity index (χ1v) is 6.51. The SMILES string of the molecule is Cc1ccc([C@@H](C)NC(=O)CC(N)C(C)C)cc1. The molecule has 3 heteroatoms. The van der Waals surface area contributed by atoms with Gasteiger partial charge in [0.1, 0.15) is 0 Å². The Kier molecular flexibility index (Phi) is 5.35. The highest BCUT2D eigenvalue weighted by Crippen LogP contribution is 2.13. The normalized spacial score (nSPS) is 14.3. The van der Waals surface area contributed by atoms with Gasteiger partial charge in [-0.25, -0.2) is 0 Å². The van der Waals surface area contributed by atoms with Gasteiger partial charge in [-0.3, -0.25) is 4.79 Å². The standard InChI is InChI=1S/C15H24N2O/c1-10(2)14(16)9-15(18)17-12(4)13-7-5-11(3)6-8-13/h5-8,10,12,14H,9,16H2,1-4H3,(H,17,18)/t12-,14?/m1/s1. The molecule has 2 atom stereocenters. The Morgan fingerprint density at radius 1 is 1.22 bits per heavy atom. The number of hydrogen-bond acceptors (Lipinski definition) is 2. The van der Waals surface area contributed by atoms with Crippen LogP contribution in [0.25, 0.3) is 0 Å². The van der Waals surface area contributed by atoms with Crippen LogP contribution in [0.4, 0.5) is 0 Å². The Labute approximate surface area is 110 Å². The summed E-state index contributed by atoms with van der Waals surface area (Å²) < 4.78 is 0. The molecule has 1 rings (SSSR count). The van der Waals surface area contributed by atoms with Crippen LogP contribution in [0.3, 0.4) is 0 Å². The zero-order chi connectivity index (χ0) is 13.7. The monoisotopic (exact) mass is 248 g/mol. The first-order chi connectivity index (χ1) is 8.40. The molecule has 0 bridgehead atoms. The molecule has 1 aromatic carbocycles. The molecule has 18 heavy (non-hydrogen) atoms. The second-order valence-corrected chi connectivity index (χ2v) is 5.31. The summed E-state index contributed by atoms with van der Waals surface area (Å²) in [7, 11) is 0. The molecular formula is C15H24N2O. The highest BCUT2D eigenvalue weighted by molar-refractivity contribution is 5.77. The molecular weight excluding hydrogens is 224 g/mol. The van der Waals surface area contributed by atoms with E-state index < -0.39 is 0 Å². The van der Waals surface area contributed by atoms with Crippen molar-refractivity contribution in [2.45, 2.75) is 46.2 Å². The highest BCUT2D eigenvalue weighted by atomic mass is 16.1. The van der Waals surface area contributed by atoms with Gasteiger partial charge in [0.2, 0.25) is 5.91 Å². The summed E-state index contributed by atoms with van der Waals surface area (Å²) in [6.45, 7) is 8.10. The number of hydrogen-bond donors (Lipinski definition) is 2. The minimum absolute atomic E-state index is 0.0178. The fraction of sp³-hybridized carbons (Fsp3) is 0.533. The quantitative estimate of drug-likeness (QED) is 0.841. The topological polar surface area (TPSA) is 55.1 Å². The molecule has 3 N–H and O–H groups in total. The molecule has 0 heterocycles. The van der Waals surface area contributed by atoms with Crippen molar-refractivity contribution < 1.29 is 4.79 Å². The lowest BCUT2D eigenvalue weighted by atomic mass is 10.0. The van der Waals surface area contributed by atoms with Crippen LogP contribution in [0.1, 0.15) is 44.4 Å². The maximum Gasteiger partial charge on any atom is 0.222 e.